The Kier molecular flexibility index (Phi) is 8.15. The minimum Gasteiger partial charge on any atom is -0.385 e. The third kappa shape index (κ3) is 6.46. The number of methoxy groups -OCH3 is 1. The molecule has 0 aliphatic carbocycles. The molecule has 0 fully saturated rings. The van der Waals surface area contributed by atoms with Crippen LogP contribution in [0.4, 0.5) is 13.2 Å². The number of benzene rings is 2. The number of rotatable bonds is 9. The van der Waals surface area contributed by atoms with E-state index in [0.29, 0.717) is 37.2 Å². The molecule has 0 atom stereocenters. The van der Waals surface area contributed by atoms with Crippen LogP contribution in [0.3, 0.4) is 0 Å². The molecule has 0 N–H and O–H groups in total. The van der Waals surface area contributed by atoms with E-state index in [1.54, 1.807) is 36.3 Å². The largest absolute Gasteiger partial charge is 0.416 e. The van der Waals surface area contributed by atoms with Crippen molar-refractivity contribution in [1.29, 1.82) is 0 Å². The molecule has 1 amide bonds. The maximum Gasteiger partial charge on any atom is 0.416 e. The van der Waals surface area contributed by atoms with Crippen molar-refractivity contribution in [2.24, 2.45) is 0 Å². The highest BCUT2D eigenvalue weighted by molar-refractivity contribution is 9.10. The summed E-state index contributed by atoms with van der Waals surface area (Å²) in [5.74, 6) is -0.116. The van der Waals surface area contributed by atoms with Crippen LogP contribution in [-0.2, 0) is 24.0 Å². The molecule has 0 aliphatic heterocycles. The molecular formula is C24H24BrF3N2O2. The van der Waals surface area contributed by atoms with Gasteiger partial charge in [-0.05, 0) is 54.4 Å². The van der Waals surface area contributed by atoms with Gasteiger partial charge < -0.3 is 14.2 Å². The molecule has 32 heavy (non-hydrogen) atoms. The fourth-order valence-corrected chi connectivity index (χ4v) is 3.84. The van der Waals surface area contributed by atoms with Crippen molar-refractivity contribution < 1.29 is 22.7 Å². The number of hydrogen-bond donors (Lipinski definition) is 0. The summed E-state index contributed by atoms with van der Waals surface area (Å²) in [6, 6.07) is 16.2. The molecule has 1 aromatic heterocycles. The molecule has 170 valence electrons. The monoisotopic (exact) mass is 508 g/mol. The van der Waals surface area contributed by atoms with Crippen LogP contribution in [0.2, 0.25) is 0 Å². The Labute approximate surface area is 193 Å². The predicted octanol–water partition coefficient (Wildman–Crippen LogP) is 6.00. The smallest absolute Gasteiger partial charge is 0.385 e. The second-order valence-corrected chi connectivity index (χ2v) is 8.32. The molecule has 0 bridgehead atoms. The third-order valence-corrected chi connectivity index (χ3v) is 5.51. The number of carbonyl (C=O) groups excluding carboxylic acids is 1. The van der Waals surface area contributed by atoms with E-state index in [9.17, 15) is 18.0 Å². The molecular weight excluding hydrogens is 485 g/mol. The van der Waals surface area contributed by atoms with E-state index in [2.05, 4.69) is 15.9 Å². The molecule has 0 saturated carbocycles. The van der Waals surface area contributed by atoms with Gasteiger partial charge in [-0.2, -0.15) is 13.2 Å². The van der Waals surface area contributed by atoms with Crippen molar-refractivity contribution in [1.82, 2.24) is 9.47 Å². The van der Waals surface area contributed by atoms with Crippen LogP contribution < -0.4 is 0 Å². The summed E-state index contributed by atoms with van der Waals surface area (Å²) in [5.41, 5.74) is 1.27. The molecule has 0 unspecified atom stereocenters. The third-order valence-electron chi connectivity index (χ3n) is 5.02. The van der Waals surface area contributed by atoms with Gasteiger partial charge >= 0.3 is 6.18 Å². The lowest BCUT2D eigenvalue weighted by atomic mass is 10.1. The van der Waals surface area contributed by atoms with E-state index < -0.39 is 11.7 Å². The number of amides is 1. The average molecular weight is 509 g/mol. The van der Waals surface area contributed by atoms with Gasteiger partial charge in [0.1, 0.15) is 0 Å². The zero-order valence-corrected chi connectivity index (χ0v) is 19.2. The molecule has 8 heteroatoms. The van der Waals surface area contributed by atoms with Crippen molar-refractivity contribution in [3.8, 4) is 0 Å². The lowest BCUT2D eigenvalue weighted by Crippen LogP contribution is -2.33. The van der Waals surface area contributed by atoms with Crippen LogP contribution in [0.15, 0.2) is 71.3 Å². The number of nitrogens with zero attached hydrogens (tertiary/aromatic N) is 2. The minimum atomic E-state index is -4.38. The molecule has 0 spiro atoms. The van der Waals surface area contributed by atoms with Crippen LogP contribution in [0, 0.1) is 0 Å². The van der Waals surface area contributed by atoms with E-state index in [0.717, 1.165) is 22.3 Å². The summed E-state index contributed by atoms with van der Waals surface area (Å²) >= 11 is 3.40. The second kappa shape index (κ2) is 10.8. The van der Waals surface area contributed by atoms with Crippen LogP contribution >= 0.6 is 15.9 Å². The van der Waals surface area contributed by atoms with Crippen molar-refractivity contribution in [2.45, 2.75) is 25.7 Å². The number of hydrogen-bond acceptors (Lipinski definition) is 2. The molecule has 2 aromatic carbocycles. The lowest BCUT2D eigenvalue weighted by Gasteiger charge is -2.24. The molecule has 0 aliphatic rings. The van der Waals surface area contributed by atoms with Crippen molar-refractivity contribution in [3.63, 3.8) is 0 Å². The van der Waals surface area contributed by atoms with Gasteiger partial charge in [0.2, 0.25) is 0 Å². The second-order valence-electron chi connectivity index (χ2n) is 7.41. The molecule has 0 saturated heterocycles. The van der Waals surface area contributed by atoms with Gasteiger partial charge in [0.25, 0.3) is 5.91 Å². The summed E-state index contributed by atoms with van der Waals surface area (Å²) in [6.45, 7) is 1.63. The summed E-state index contributed by atoms with van der Waals surface area (Å²) in [7, 11) is 1.61. The van der Waals surface area contributed by atoms with E-state index in [4.69, 9.17) is 4.74 Å². The number of aromatic nitrogens is 1. The first-order valence-electron chi connectivity index (χ1n) is 10.1. The van der Waals surface area contributed by atoms with Crippen molar-refractivity contribution in [2.75, 3.05) is 20.3 Å². The van der Waals surface area contributed by atoms with Crippen molar-refractivity contribution >= 4 is 21.8 Å². The fraction of sp³-hybridized carbons (Fsp3) is 0.292. The highest BCUT2D eigenvalue weighted by atomic mass is 79.9. The quantitative estimate of drug-likeness (QED) is 0.332. The first-order chi connectivity index (χ1) is 15.3. The van der Waals surface area contributed by atoms with Gasteiger partial charge in [0.15, 0.2) is 0 Å². The first kappa shape index (κ1) is 24.1. The Morgan fingerprint density at radius 3 is 2.59 bits per heavy atom. The van der Waals surface area contributed by atoms with Gasteiger partial charge in [-0.1, -0.05) is 34.1 Å². The number of ether oxygens (including phenoxy) is 1. The highest BCUT2D eigenvalue weighted by Crippen LogP contribution is 2.29. The summed E-state index contributed by atoms with van der Waals surface area (Å²) < 4.78 is 47.0. The Bertz CT molecular complexity index is 1050. The lowest BCUT2D eigenvalue weighted by molar-refractivity contribution is -0.137. The molecule has 3 rings (SSSR count). The maximum atomic E-state index is 13.2. The highest BCUT2D eigenvalue weighted by Gasteiger charge is 2.30. The molecule has 4 nitrogen and oxygen atoms in total. The van der Waals surface area contributed by atoms with Gasteiger partial charge in [0.05, 0.1) is 12.1 Å². The summed E-state index contributed by atoms with van der Waals surface area (Å²) in [4.78, 5) is 14.9. The molecule has 1 heterocycles. The van der Waals surface area contributed by atoms with Gasteiger partial charge in [-0.15, -0.1) is 0 Å². The Balaban J connectivity index is 1.80. The van der Waals surface area contributed by atoms with Gasteiger partial charge in [-0.25, -0.2) is 0 Å². The Morgan fingerprint density at radius 1 is 1.09 bits per heavy atom. The predicted molar refractivity (Wildman–Crippen MR) is 120 cm³/mol. The molecule has 3 aromatic rings. The van der Waals surface area contributed by atoms with Crippen LogP contribution in [0.1, 0.15) is 33.6 Å². The average Bonchev–Trinajstić information content (AvgIpc) is 3.18. The zero-order chi connectivity index (χ0) is 23.1. The minimum absolute atomic E-state index is 0.116. The Morgan fingerprint density at radius 2 is 1.88 bits per heavy atom. The van der Waals surface area contributed by atoms with Crippen LogP contribution in [0.25, 0.3) is 0 Å². The number of carbonyl (C=O) groups is 1. The van der Waals surface area contributed by atoms with Crippen molar-refractivity contribution in [3.05, 3.63) is 93.7 Å². The van der Waals surface area contributed by atoms with E-state index >= 15 is 0 Å². The van der Waals surface area contributed by atoms with Gasteiger partial charge in [0, 0.05) is 48.7 Å². The van der Waals surface area contributed by atoms with Gasteiger partial charge in [-0.3, -0.25) is 4.79 Å². The SMILES string of the molecule is COCCCN(Cc1cccn1Cc1cccc(C(F)(F)F)c1)C(=O)c1cccc(Br)c1. The number of halogens is 4. The standard InChI is InChI=1S/C24H24BrF3N2O2/c1-32-13-5-12-30(23(31)19-7-3-9-21(25)15-19)17-22-10-4-11-29(22)16-18-6-2-8-20(14-18)24(26,27)28/h2-4,6-11,14-15H,5,12-13,16-17H2,1H3. The van der Waals surface area contributed by atoms with E-state index in [-0.39, 0.29) is 12.5 Å². The normalized spacial score (nSPS) is 11.5. The molecule has 0 radical (unpaired) electrons. The summed E-state index contributed by atoms with van der Waals surface area (Å²) in [6.07, 6.45) is -1.90. The van der Waals surface area contributed by atoms with Crippen LogP contribution in [-0.4, -0.2) is 35.6 Å². The van der Waals surface area contributed by atoms with E-state index in [1.165, 1.54) is 6.07 Å². The Hall–Kier alpha value is -2.58. The summed E-state index contributed by atoms with van der Waals surface area (Å²) in [5, 5.41) is 0. The maximum absolute atomic E-state index is 13.2. The fourth-order valence-electron chi connectivity index (χ4n) is 3.44. The van der Waals surface area contributed by atoms with Crippen LogP contribution in [0.5, 0.6) is 0 Å². The first-order valence-corrected chi connectivity index (χ1v) is 10.9. The topological polar surface area (TPSA) is 34.5 Å². The zero-order valence-electron chi connectivity index (χ0n) is 17.6. The number of alkyl halides is 3. The van der Waals surface area contributed by atoms with E-state index in [1.807, 2.05) is 29.0 Å².